The molecule has 0 fully saturated rings. The van der Waals surface area contributed by atoms with Crippen molar-refractivity contribution in [1.29, 1.82) is 0 Å². The number of carbonyl (C=O) groups is 1. The smallest absolute Gasteiger partial charge is 0.227 e. The van der Waals surface area contributed by atoms with Gasteiger partial charge in [0.1, 0.15) is 5.75 Å². The van der Waals surface area contributed by atoms with Gasteiger partial charge in [-0.05, 0) is 50.1 Å². The zero-order valence-electron chi connectivity index (χ0n) is 11.5. The third-order valence-electron chi connectivity index (χ3n) is 3.26. The van der Waals surface area contributed by atoms with Crippen LogP contribution in [-0.2, 0) is 4.79 Å². The van der Waals surface area contributed by atoms with Crippen LogP contribution in [0.2, 0.25) is 0 Å². The molecule has 100 valence electrons. The summed E-state index contributed by atoms with van der Waals surface area (Å²) in [5, 5.41) is 2.94. The Morgan fingerprint density at radius 2 is 2.06 bits per heavy atom. The first-order valence-electron chi connectivity index (χ1n) is 6.16. The minimum Gasteiger partial charge on any atom is -0.496 e. The molecule has 18 heavy (non-hydrogen) atoms. The molecule has 0 aliphatic carbocycles. The molecule has 1 rings (SSSR count). The van der Waals surface area contributed by atoms with E-state index in [2.05, 4.69) is 5.32 Å². The largest absolute Gasteiger partial charge is 0.496 e. The molecule has 4 nitrogen and oxygen atoms in total. The molecule has 1 amide bonds. The van der Waals surface area contributed by atoms with E-state index in [9.17, 15) is 4.79 Å². The van der Waals surface area contributed by atoms with Gasteiger partial charge in [0.2, 0.25) is 5.91 Å². The number of nitrogens with two attached hydrogens (primary N) is 1. The van der Waals surface area contributed by atoms with Crippen LogP contribution in [0.25, 0.3) is 0 Å². The fraction of sp³-hybridized carbons (Fsp3) is 0.500. The van der Waals surface area contributed by atoms with E-state index in [1.165, 1.54) is 0 Å². The summed E-state index contributed by atoms with van der Waals surface area (Å²) in [6.45, 7) is 6.36. The monoisotopic (exact) mass is 250 g/mol. The predicted molar refractivity (Wildman–Crippen MR) is 73.9 cm³/mol. The van der Waals surface area contributed by atoms with E-state index >= 15 is 0 Å². The lowest BCUT2D eigenvalue weighted by Gasteiger charge is -2.15. The van der Waals surface area contributed by atoms with Crippen LogP contribution in [0.4, 0.5) is 5.69 Å². The highest BCUT2D eigenvalue weighted by Gasteiger charge is 2.14. The Labute approximate surface area is 109 Å². The number of rotatable bonds is 5. The fourth-order valence-corrected chi connectivity index (χ4v) is 1.79. The third-order valence-corrected chi connectivity index (χ3v) is 3.26. The number of nitrogens with one attached hydrogen (secondary N) is 1. The van der Waals surface area contributed by atoms with Crippen molar-refractivity contribution in [1.82, 2.24) is 0 Å². The summed E-state index contributed by atoms with van der Waals surface area (Å²) in [4.78, 5) is 11.9. The first kappa shape index (κ1) is 14.5. The number of benzene rings is 1. The summed E-state index contributed by atoms with van der Waals surface area (Å²) in [6, 6.07) is 3.74. The summed E-state index contributed by atoms with van der Waals surface area (Å²) < 4.78 is 5.24. The maximum atomic E-state index is 11.9. The van der Waals surface area contributed by atoms with Crippen molar-refractivity contribution in [2.24, 2.45) is 11.7 Å². The number of amides is 1. The first-order chi connectivity index (χ1) is 8.51. The molecule has 1 aromatic carbocycles. The lowest BCUT2D eigenvalue weighted by Crippen LogP contribution is -2.23. The van der Waals surface area contributed by atoms with E-state index in [0.29, 0.717) is 13.0 Å². The van der Waals surface area contributed by atoms with Gasteiger partial charge < -0.3 is 15.8 Å². The van der Waals surface area contributed by atoms with Gasteiger partial charge in [-0.2, -0.15) is 0 Å². The molecule has 0 radical (unpaired) electrons. The van der Waals surface area contributed by atoms with Crippen molar-refractivity contribution in [2.45, 2.75) is 27.2 Å². The van der Waals surface area contributed by atoms with Crippen LogP contribution in [0, 0.1) is 19.8 Å². The van der Waals surface area contributed by atoms with Crippen LogP contribution in [0.1, 0.15) is 24.5 Å². The second-order valence-corrected chi connectivity index (χ2v) is 4.53. The molecular formula is C14H22N2O2. The Balaban J connectivity index is 2.86. The average molecular weight is 250 g/mol. The van der Waals surface area contributed by atoms with Crippen LogP contribution >= 0.6 is 0 Å². The number of carbonyl (C=O) groups excluding carboxylic acids is 1. The lowest BCUT2D eigenvalue weighted by atomic mass is 10.0. The normalized spacial score (nSPS) is 12.1. The third kappa shape index (κ3) is 3.23. The first-order valence-corrected chi connectivity index (χ1v) is 6.16. The van der Waals surface area contributed by atoms with Crippen molar-refractivity contribution in [3.8, 4) is 5.75 Å². The highest BCUT2D eigenvalue weighted by atomic mass is 16.5. The zero-order valence-corrected chi connectivity index (χ0v) is 11.5. The molecular weight excluding hydrogens is 228 g/mol. The SMILES string of the molecule is COc1ccc(NC(=O)C(C)CCN)c(C)c1C. The van der Waals surface area contributed by atoms with Crippen LogP contribution < -0.4 is 15.8 Å². The molecule has 0 aliphatic heterocycles. The minimum absolute atomic E-state index is 0.00752. The van der Waals surface area contributed by atoms with Crippen LogP contribution in [0.15, 0.2) is 12.1 Å². The molecule has 1 aromatic rings. The lowest BCUT2D eigenvalue weighted by molar-refractivity contribution is -0.119. The molecule has 0 spiro atoms. The van der Waals surface area contributed by atoms with Crippen LogP contribution in [0.5, 0.6) is 5.75 Å². The Morgan fingerprint density at radius 3 is 2.61 bits per heavy atom. The summed E-state index contributed by atoms with van der Waals surface area (Å²) in [6.07, 6.45) is 0.694. The second-order valence-electron chi connectivity index (χ2n) is 4.53. The number of anilines is 1. The van der Waals surface area contributed by atoms with E-state index in [4.69, 9.17) is 10.5 Å². The molecule has 4 heteroatoms. The number of methoxy groups -OCH3 is 1. The van der Waals surface area contributed by atoms with Crippen molar-refractivity contribution >= 4 is 11.6 Å². The summed E-state index contributed by atoms with van der Waals surface area (Å²) in [7, 11) is 1.64. The zero-order chi connectivity index (χ0) is 13.7. The van der Waals surface area contributed by atoms with Gasteiger partial charge in [0.05, 0.1) is 7.11 Å². The van der Waals surface area contributed by atoms with Crippen molar-refractivity contribution < 1.29 is 9.53 Å². The maximum absolute atomic E-state index is 11.9. The Morgan fingerprint density at radius 1 is 1.39 bits per heavy atom. The van der Waals surface area contributed by atoms with Gasteiger partial charge in [-0.1, -0.05) is 6.92 Å². The number of hydrogen-bond acceptors (Lipinski definition) is 3. The topological polar surface area (TPSA) is 64.3 Å². The van der Waals surface area contributed by atoms with Crippen LogP contribution in [0.3, 0.4) is 0 Å². The van der Waals surface area contributed by atoms with E-state index < -0.39 is 0 Å². The van der Waals surface area contributed by atoms with E-state index in [1.54, 1.807) is 7.11 Å². The van der Waals surface area contributed by atoms with Crippen LogP contribution in [-0.4, -0.2) is 19.6 Å². The van der Waals surface area contributed by atoms with E-state index in [0.717, 1.165) is 22.6 Å². The number of ether oxygens (including phenoxy) is 1. The highest BCUT2D eigenvalue weighted by molar-refractivity contribution is 5.93. The highest BCUT2D eigenvalue weighted by Crippen LogP contribution is 2.27. The molecule has 0 aliphatic rings. The summed E-state index contributed by atoms with van der Waals surface area (Å²) in [5.41, 5.74) is 8.36. The van der Waals surface area contributed by atoms with Gasteiger partial charge in [-0.3, -0.25) is 4.79 Å². The van der Waals surface area contributed by atoms with E-state index in [1.807, 2.05) is 32.9 Å². The minimum atomic E-state index is -0.0724. The Hall–Kier alpha value is -1.55. The van der Waals surface area contributed by atoms with Gasteiger partial charge in [-0.15, -0.1) is 0 Å². The average Bonchev–Trinajstić information content (AvgIpc) is 2.35. The molecule has 3 N–H and O–H groups in total. The Bertz CT molecular complexity index is 430. The van der Waals surface area contributed by atoms with Crippen molar-refractivity contribution in [3.05, 3.63) is 23.3 Å². The molecule has 0 saturated carbocycles. The molecule has 0 saturated heterocycles. The van der Waals surface area contributed by atoms with Crippen molar-refractivity contribution in [3.63, 3.8) is 0 Å². The molecule has 0 bridgehead atoms. The van der Waals surface area contributed by atoms with Gasteiger partial charge in [-0.25, -0.2) is 0 Å². The molecule has 1 atom stereocenters. The van der Waals surface area contributed by atoms with Gasteiger partial charge in [0.15, 0.2) is 0 Å². The van der Waals surface area contributed by atoms with Gasteiger partial charge in [0.25, 0.3) is 0 Å². The Kier molecular flexibility index (Phi) is 5.16. The van der Waals surface area contributed by atoms with Crippen molar-refractivity contribution in [2.75, 3.05) is 19.0 Å². The van der Waals surface area contributed by atoms with E-state index in [-0.39, 0.29) is 11.8 Å². The summed E-state index contributed by atoms with van der Waals surface area (Å²) >= 11 is 0. The predicted octanol–water partition coefficient (Wildman–Crippen LogP) is 2.24. The standard InChI is InChI=1S/C14H22N2O2/c1-9(7-8-15)14(17)16-12-5-6-13(18-4)11(3)10(12)2/h5-6,9H,7-8,15H2,1-4H3,(H,16,17). The van der Waals surface area contributed by atoms with Gasteiger partial charge >= 0.3 is 0 Å². The fourth-order valence-electron chi connectivity index (χ4n) is 1.79. The summed E-state index contributed by atoms with van der Waals surface area (Å²) in [5.74, 6) is 0.769. The molecule has 1 unspecified atom stereocenters. The molecule has 0 aromatic heterocycles. The number of hydrogen-bond donors (Lipinski definition) is 2. The molecule has 0 heterocycles. The van der Waals surface area contributed by atoms with Gasteiger partial charge in [0, 0.05) is 11.6 Å². The second kappa shape index (κ2) is 6.40. The maximum Gasteiger partial charge on any atom is 0.227 e. The quantitative estimate of drug-likeness (QED) is 0.842.